The van der Waals surface area contributed by atoms with Crippen LogP contribution in [-0.4, -0.2) is 55.5 Å². The average molecular weight is 302 g/mol. The molecule has 0 amide bonds. The van der Waals surface area contributed by atoms with Crippen LogP contribution < -0.4 is 0 Å². The molecule has 0 N–H and O–H groups in total. The first-order chi connectivity index (χ1) is 9.81. The predicted molar refractivity (Wildman–Crippen MR) is 73.6 cm³/mol. The van der Waals surface area contributed by atoms with E-state index in [1.807, 2.05) is 27.7 Å². The molecular weight excluding hydrogens is 276 g/mol. The van der Waals surface area contributed by atoms with Crippen molar-refractivity contribution < 1.29 is 28.4 Å². The summed E-state index contributed by atoms with van der Waals surface area (Å²) in [5, 5.41) is 0. The molecule has 6 nitrogen and oxygen atoms in total. The highest BCUT2D eigenvalue weighted by molar-refractivity contribution is 4.98. The van der Waals surface area contributed by atoms with Gasteiger partial charge in [-0.05, 0) is 34.1 Å². The number of hydrogen-bond acceptors (Lipinski definition) is 6. The fourth-order valence-corrected chi connectivity index (χ4v) is 3.12. The number of fused-ring (bicyclic) bond motifs is 1. The topological polar surface area (TPSA) is 55.4 Å². The lowest BCUT2D eigenvalue weighted by Crippen LogP contribution is -2.44. The highest BCUT2D eigenvalue weighted by Crippen LogP contribution is 2.41. The summed E-state index contributed by atoms with van der Waals surface area (Å²) in [6.07, 6.45) is -0.271. The number of hydrogen-bond donors (Lipinski definition) is 0. The van der Waals surface area contributed by atoms with Crippen LogP contribution in [0, 0.1) is 0 Å². The second-order valence-electron chi connectivity index (χ2n) is 6.77. The molecular formula is C15H26O6. The molecule has 0 aliphatic carbocycles. The zero-order chi connectivity index (χ0) is 15.3. The van der Waals surface area contributed by atoms with Crippen molar-refractivity contribution in [3.05, 3.63) is 0 Å². The Morgan fingerprint density at radius 1 is 1.00 bits per heavy atom. The van der Waals surface area contributed by atoms with Crippen LogP contribution >= 0.6 is 0 Å². The maximum absolute atomic E-state index is 6.03. The molecule has 21 heavy (non-hydrogen) atoms. The second kappa shape index (κ2) is 5.44. The third-order valence-electron chi connectivity index (χ3n) is 3.94. The molecule has 0 unspecified atom stereocenters. The van der Waals surface area contributed by atoms with E-state index < -0.39 is 17.9 Å². The molecule has 3 fully saturated rings. The molecule has 3 rings (SSSR count). The maximum Gasteiger partial charge on any atom is 0.190 e. The molecule has 3 aliphatic heterocycles. The van der Waals surface area contributed by atoms with Crippen LogP contribution in [0.1, 0.15) is 41.0 Å². The van der Waals surface area contributed by atoms with E-state index in [-0.39, 0.29) is 24.4 Å². The lowest BCUT2D eigenvalue weighted by atomic mass is 10.1. The van der Waals surface area contributed by atoms with Gasteiger partial charge in [0.25, 0.3) is 0 Å². The zero-order valence-corrected chi connectivity index (χ0v) is 13.5. The number of rotatable bonds is 4. The van der Waals surface area contributed by atoms with Gasteiger partial charge in [-0.3, -0.25) is 0 Å². The van der Waals surface area contributed by atoms with Gasteiger partial charge in [-0.15, -0.1) is 0 Å². The summed E-state index contributed by atoms with van der Waals surface area (Å²) in [4.78, 5) is 0. The van der Waals surface area contributed by atoms with E-state index in [0.29, 0.717) is 13.2 Å². The molecule has 0 aromatic carbocycles. The minimum Gasteiger partial charge on any atom is -0.372 e. The molecule has 3 aliphatic rings. The Morgan fingerprint density at radius 2 is 1.76 bits per heavy atom. The monoisotopic (exact) mass is 302 g/mol. The van der Waals surface area contributed by atoms with Crippen molar-refractivity contribution in [3.8, 4) is 0 Å². The van der Waals surface area contributed by atoms with Crippen LogP contribution in [0.3, 0.4) is 0 Å². The van der Waals surface area contributed by atoms with Gasteiger partial charge < -0.3 is 28.4 Å². The summed E-state index contributed by atoms with van der Waals surface area (Å²) in [6.45, 7) is 10.8. The lowest BCUT2D eigenvalue weighted by molar-refractivity contribution is -0.235. The van der Waals surface area contributed by atoms with Crippen molar-refractivity contribution in [2.45, 2.75) is 83.3 Å². The molecule has 0 aromatic heterocycles. The van der Waals surface area contributed by atoms with Crippen LogP contribution in [0.4, 0.5) is 0 Å². The molecule has 0 bridgehead atoms. The zero-order valence-electron chi connectivity index (χ0n) is 13.5. The van der Waals surface area contributed by atoms with Gasteiger partial charge >= 0.3 is 0 Å². The third kappa shape index (κ3) is 3.11. The van der Waals surface area contributed by atoms with E-state index in [4.69, 9.17) is 28.4 Å². The number of ether oxygens (including phenoxy) is 6. The molecule has 122 valence electrons. The van der Waals surface area contributed by atoms with Gasteiger partial charge in [0.2, 0.25) is 0 Å². The minimum absolute atomic E-state index is 0.164. The summed E-state index contributed by atoms with van der Waals surface area (Å²) < 4.78 is 35.3. The first-order valence-corrected chi connectivity index (χ1v) is 7.76. The quantitative estimate of drug-likeness (QED) is 0.789. The van der Waals surface area contributed by atoms with E-state index in [1.165, 1.54) is 0 Å². The Morgan fingerprint density at radius 3 is 2.38 bits per heavy atom. The Bertz CT molecular complexity index is 382. The van der Waals surface area contributed by atoms with E-state index in [9.17, 15) is 0 Å². The van der Waals surface area contributed by atoms with E-state index in [1.54, 1.807) is 0 Å². The van der Waals surface area contributed by atoms with E-state index in [0.717, 1.165) is 6.42 Å². The SMILES string of the molecule is CCCO[C@@H]1[C@H]2OC(C)(C)O[C@@H]2O[C@@H]1[C@@H]1COC(C)(C)O1. The van der Waals surface area contributed by atoms with E-state index >= 15 is 0 Å². The Labute approximate surface area is 126 Å². The van der Waals surface area contributed by atoms with Crippen molar-refractivity contribution in [2.24, 2.45) is 0 Å². The summed E-state index contributed by atoms with van der Waals surface area (Å²) in [5.74, 6) is -1.22. The first kappa shape index (κ1) is 15.6. The van der Waals surface area contributed by atoms with Gasteiger partial charge in [-0.1, -0.05) is 6.92 Å². The average Bonchev–Trinajstić information content (AvgIpc) is 2.96. The van der Waals surface area contributed by atoms with Gasteiger partial charge in [0.05, 0.1) is 6.61 Å². The highest BCUT2D eigenvalue weighted by Gasteiger charge is 2.58. The van der Waals surface area contributed by atoms with Crippen molar-refractivity contribution in [1.29, 1.82) is 0 Å². The summed E-state index contributed by atoms with van der Waals surface area (Å²) in [6, 6.07) is 0. The lowest BCUT2D eigenvalue weighted by Gasteiger charge is -2.29. The fourth-order valence-electron chi connectivity index (χ4n) is 3.12. The Balaban J connectivity index is 1.72. The summed E-state index contributed by atoms with van der Waals surface area (Å²) in [7, 11) is 0. The Hall–Kier alpha value is -0.240. The molecule has 0 spiro atoms. The largest absolute Gasteiger partial charge is 0.372 e. The van der Waals surface area contributed by atoms with Gasteiger partial charge in [-0.25, -0.2) is 0 Å². The standard InChI is InChI=1S/C15H26O6/c1-6-7-16-11-10(9-8-17-14(2,3)19-9)18-13-12(11)20-15(4,5)21-13/h9-13H,6-8H2,1-5H3/t9-,10+,11-,12+,13-/m0/s1. The highest BCUT2D eigenvalue weighted by atomic mass is 16.8. The van der Waals surface area contributed by atoms with Crippen molar-refractivity contribution in [1.82, 2.24) is 0 Å². The van der Waals surface area contributed by atoms with Crippen molar-refractivity contribution in [3.63, 3.8) is 0 Å². The molecule has 3 saturated heterocycles. The maximum atomic E-state index is 6.03. The predicted octanol–water partition coefficient (Wildman–Crippen LogP) is 1.81. The first-order valence-electron chi connectivity index (χ1n) is 7.76. The molecule has 6 heteroatoms. The van der Waals surface area contributed by atoms with Gasteiger partial charge in [0.15, 0.2) is 17.9 Å². The van der Waals surface area contributed by atoms with Crippen molar-refractivity contribution in [2.75, 3.05) is 13.2 Å². The smallest absolute Gasteiger partial charge is 0.190 e. The molecule has 0 aromatic rings. The fraction of sp³-hybridized carbons (Fsp3) is 1.00. The summed E-state index contributed by atoms with van der Waals surface area (Å²) in [5.41, 5.74) is 0. The molecule has 5 atom stereocenters. The molecule has 0 radical (unpaired) electrons. The van der Waals surface area contributed by atoms with Crippen LogP contribution in [0.25, 0.3) is 0 Å². The van der Waals surface area contributed by atoms with E-state index in [2.05, 4.69) is 6.92 Å². The van der Waals surface area contributed by atoms with Crippen LogP contribution in [0.15, 0.2) is 0 Å². The normalized spacial score (nSPS) is 44.1. The van der Waals surface area contributed by atoms with Gasteiger partial charge in [-0.2, -0.15) is 0 Å². The van der Waals surface area contributed by atoms with Gasteiger partial charge in [0, 0.05) is 6.61 Å². The second-order valence-corrected chi connectivity index (χ2v) is 6.77. The van der Waals surface area contributed by atoms with Crippen LogP contribution in [-0.2, 0) is 28.4 Å². The minimum atomic E-state index is -0.638. The van der Waals surface area contributed by atoms with Crippen molar-refractivity contribution >= 4 is 0 Å². The van der Waals surface area contributed by atoms with Gasteiger partial charge in [0.1, 0.15) is 24.4 Å². The molecule has 0 saturated carbocycles. The third-order valence-corrected chi connectivity index (χ3v) is 3.94. The Kier molecular flexibility index (Phi) is 4.05. The molecule has 3 heterocycles. The van der Waals surface area contributed by atoms with Crippen LogP contribution in [0.5, 0.6) is 0 Å². The van der Waals surface area contributed by atoms with Crippen LogP contribution in [0.2, 0.25) is 0 Å². The summed E-state index contributed by atoms with van der Waals surface area (Å²) >= 11 is 0.